The highest BCUT2D eigenvalue weighted by atomic mass is 19.1. The van der Waals surface area contributed by atoms with Crippen molar-refractivity contribution in [2.45, 2.75) is 32.1 Å². The van der Waals surface area contributed by atoms with Crippen LogP contribution in [-0.2, 0) is 9.59 Å². The third-order valence-electron chi connectivity index (χ3n) is 7.69. The van der Waals surface area contributed by atoms with Gasteiger partial charge in [-0.1, -0.05) is 0 Å². The van der Waals surface area contributed by atoms with Crippen LogP contribution >= 0.6 is 0 Å². The van der Waals surface area contributed by atoms with Gasteiger partial charge in [-0.05, 0) is 80.0 Å². The standard InChI is InChI=1S/C23H30FN3O2/c24-19-1-3-20(4-2-19)25-21(28)14-26-5-7-27(8-6-26)23(29)22-17-10-15-9-16(12-17)13-18(22)11-15/h1-4,15-18,22H,5-14H2,(H,25,28). The van der Waals surface area contributed by atoms with Gasteiger partial charge in [-0.2, -0.15) is 0 Å². The lowest BCUT2D eigenvalue weighted by Crippen LogP contribution is -2.56. The quantitative estimate of drug-likeness (QED) is 0.847. The van der Waals surface area contributed by atoms with E-state index in [1.807, 2.05) is 0 Å². The van der Waals surface area contributed by atoms with E-state index in [1.54, 1.807) is 12.1 Å². The number of piperazine rings is 1. The molecule has 5 aliphatic rings. The first-order chi connectivity index (χ1) is 14.0. The molecule has 1 aromatic rings. The molecule has 1 aliphatic heterocycles. The highest BCUT2D eigenvalue weighted by Gasteiger charge is 2.51. The summed E-state index contributed by atoms with van der Waals surface area (Å²) in [5, 5.41) is 2.81. The van der Waals surface area contributed by atoms with Gasteiger partial charge >= 0.3 is 0 Å². The van der Waals surface area contributed by atoms with Crippen molar-refractivity contribution < 1.29 is 14.0 Å². The Hall–Kier alpha value is -1.95. The van der Waals surface area contributed by atoms with Crippen LogP contribution < -0.4 is 5.32 Å². The summed E-state index contributed by atoms with van der Waals surface area (Å²) in [6, 6.07) is 5.80. The third kappa shape index (κ3) is 3.91. The molecule has 4 saturated carbocycles. The SMILES string of the molecule is O=C(CN1CCN(C(=O)C2C3CC4CC(C3)CC2C4)CC1)Nc1ccc(F)cc1. The van der Waals surface area contributed by atoms with Gasteiger partial charge in [0, 0.05) is 37.8 Å². The van der Waals surface area contributed by atoms with Crippen LogP contribution in [0.1, 0.15) is 32.1 Å². The number of nitrogens with zero attached hydrogens (tertiary/aromatic N) is 2. The normalized spacial score (nSPS) is 33.7. The maximum absolute atomic E-state index is 13.3. The van der Waals surface area contributed by atoms with Crippen molar-refractivity contribution in [3.8, 4) is 0 Å². The Labute approximate surface area is 171 Å². The average Bonchev–Trinajstić information content (AvgIpc) is 2.69. The topological polar surface area (TPSA) is 52.7 Å². The minimum Gasteiger partial charge on any atom is -0.340 e. The number of carbonyl (C=O) groups excluding carboxylic acids is 2. The minimum atomic E-state index is -0.317. The van der Waals surface area contributed by atoms with E-state index >= 15 is 0 Å². The van der Waals surface area contributed by atoms with Gasteiger partial charge in [-0.15, -0.1) is 0 Å². The van der Waals surface area contributed by atoms with E-state index in [1.165, 1.54) is 44.2 Å². The van der Waals surface area contributed by atoms with Gasteiger partial charge in [0.25, 0.3) is 0 Å². The van der Waals surface area contributed by atoms with Crippen molar-refractivity contribution in [3.05, 3.63) is 30.1 Å². The molecule has 1 aromatic carbocycles. The second-order valence-corrected chi connectivity index (χ2v) is 9.61. The van der Waals surface area contributed by atoms with Crippen molar-refractivity contribution in [1.29, 1.82) is 0 Å². The maximum atomic E-state index is 13.3. The molecule has 4 bridgehead atoms. The molecular formula is C23H30FN3O2. The number of hydrogen-bond acceptors (Lipinski definition) is 3. The molecule has 0 atom stereocenters. The Morgan fingerprint density at radius 2 is 1.48 bits per heavy atom. The van der Waals surface area contributed by atoms with E-state index in [0.717, 1.165) is 24.9 Å². The average molecular weight is 400 g/mol. The first kappa shape index (κ1) is 19.0. The summed E-state index contributed by atoms with van der Waals surface area (Å²) >= 11 is 0. The summed E-state index contributed by atoms with van der Waals surface area (Å²) < 4.78 is 13.0. The molecule has 2 amide bonds. The van der Waals surface area contributed by atoms with Crippen LogP contribution in [0.25, 0.3) is 0 Å². The summed E-state index contributed by atoms with van der Waals surface area (Å²) in [6.45, 7) is 3.19. The molecule has 5 fully saturated rings. The first-order valence-electron chi connectivity index (χ1n) is 11.1. The second-order valence-electron chi connectivity index (χ2n) is 9.61. The first-order valence-corrected chi connectivity index (χ1v) is 11.1. The molecule has 0 radical (unpaired) electrons. The number of halogens is 1. The highest BCUT2D eigenvalue weighted by Crippen LogP contribution is 2.56. The molecule has 0 spiro atoms. The number of benzene rings is 1. The predicted molar refractivity (Wildman–Crippen MR) is 109 cm³/mol. The van der Waals surface area contributed by atoms with Gasteiger partial charge in [0.05, 0.1) is 6.54 Å². The van der Waals surface area contributed by atoms with Crippen LogP contribution in [0.4, 0.5) is 10.1 Å². The number of amides is 2. The molecule has 1 N–H and O–H groups in total. The van der Waals surface area contributed by atoms with Crippen LogP contribution in [-0.4, -0.2) is 54.3 Å². The zero-order valence-corrected chi connectivity index (χ0v) is 16.9. The highest BCUT2D eigenvalue weighted by molar-refractivity contribution is 5.92. The van der Waals surface area contributed by atoms with Crippen LogP contribution in [0.2, 0.25) is 0 Å². The number of carbonyl (C=O) groups is 2. The Bertz CT molecular complexity index is 745. The molecule has 1 heterocycles. The number of hydrogen-bond donors (Lipinski definition) is 1. The Kier molecular flexibility index (Phi) is 5.06. The van der Waals surface area contributed by atoms with Gasteiger partial charge in [0.2, 0.25) is 11.8 Å². The van der Waals surface area contributed by atoms with Crippen molar-refractivity contribution in [1.82, 2.24) is 9.80 Å². The fraction of sp³-hybridized carbons (Fsp3) is 0.652. The zero-order valence-electron chi connectivity index (χ0n) is 16.9. The van der Waals surface area contributed by atoms with Crippen molar-refractivity contribution >= 4 is 17.5 Å². The molecule has 29 heavy (non-hydrogen) atoms. The monoisotopic (exact) mass is 399 g/mol. The fourth-order valence-electron chi connectivity index (χ4n) is 6.60. The van der Waals surface area contributed by atoms with Crippen LogP contribution in [0.15, 0.2) is 24.3 Å². The molecule has 0 aromatic heterocycles. The van der Waals surface area contributed by atoms with Gasteiger partial charge in [0.15, 0.2) is 0 Å². The number of anilines is 1. The van der Waals surface area contributed by atoms with Crippen LogP contribution in [0.5, 0.6) is 0 Å². The smallest absolute Gasteiger partial charge is 0.238 e. The van der Waals surface area contributed by atoms with Crippen molar-refractivity contribution in [3.63, 3.8) is 0 Å². The van der Waals surface area contributed by atoms with E-state index in [-0.39, 0.29) is 17.6 Å². The molecule has 0 unspecified atom stereocenters. The fourth-order valence-corrected chi connectivity index (χ4v) is 6.60. The van der Waals surface area contributed by atoms with Gasteiger partial charge in [0.1, 0.15) is 5.82 Å². The number of rotatable bonds is 4. The Morgan fingerprint density at radius 3 is 2.07 bits per heavy atom. The van der Waals surface area contributed by atoms with E-state index in [0.29, 0.717) is 43.1 Å². The number of nitrogens with one attached hydrogen (secondary N) is 1. The zero-order chi connectivity index (χ0) is 20.0. The third-order valence-corrected chi connectivity index (χ3v) is 7.69. The summed E-state index contributed by atoms with van der Waals surface area (Å²) in [5.74, 6) is 3.25. The predicted octanol–water partition coefficient (Wildman–Crippen LogP) is 2.98. The van der Waals surface area contributed by atoms with E-state index < -0.39 is 0 Å². The second kappa shape index (κ2) is 7.71. The largest absolute Gasteiger partial charge is 0.340 e. The summed E-state index contributed by atoms with van der Waals surface area (Å²) in [5.41, 5.74) is 0.604. The van der Waals surface area contributed by atoms with Gasteiger partial charge in [-0.25, -0.2) is 4.39 Å². The molecule has 6 rings (SSSR count). The van der Waals surface area contributed by atoms with E-state index in [9.17, 15) is 14.0 Å². The molecule has 4 aliphatic carbocycles. The van der Waals surface area contributed by atoms with Gasteiger partial charge < -0.3 is 10.2 Å². The van der Waals surface area contributed by atoms with E-state index in [4.69, 9.17) is 0 Å². The van der Waals surface area contributed by atoms with Crippen molar-refractivity contribution in [2.24, 2.45) is 29.6 Å². The lowest BCUT2D eigenvalue weighted by Gasteiger charge is -2.54. The summed E-state index contributed by atoms with van der Waals surface area (Å²) in [6.07, 6.45) is 6.49. The maximum Gasteiger partial charge on any atom is 0.238 e. The Morgan fingerprint density at radius 1 is 0.897 bits per heavy atom. The summed E-state index contributed by atoms with van der Waals surface area (Å²) in [7, 11) is 0. The molecule has 156 valence electrons. The molecule has 5 nitrogen and oxygen atoms in total. The molecular weight excluding hydrogens is 369 g/mol. The minimum absolute atomic E-state index is 0.0996. The van der Waals surface area contributed by atoms with Crippen LogP contribution in [0, 0.1) is 35.4 Å². The van der Waals surface area contributed by atoms with Crippen molar-refractivity contribution in [2.75, 3.05) is 38.0 Å². The molecule has 1 saturated heterocycles. The van der Waals surface area contributed by atoms with E-state index in [2.05, 4.69) is 15.1 Å². The summed E-state index contributed by atoms with van der Waals surface area (Å²) in [4.78, 5) is 29.7. The molecule has 6 heteroatoms. The lowest BCUT2D eigenvalue weighted by atomic mass is 9.51. The lowest BCUT2D eigenvalue weighted by molar-refractivity contribution is -0.150. The Balaban J connectivity index is 1.11. The van der Waals surface area contributed by atoms with Crippen LogP contribution in [0.3, 0.4) is 0 Å². The van der Waals surface area contributed by atoms with Gasteiger partial charge in [-0.3, -0.25) is 14.5 Å².